The molecule has 3 rings (SSSR count). The molecule has 2 bridgehead atoms. The Kier molecular flexibility index (Phi) is 4.55. The summed E-state index contributed by atoms with van der Waals surface area (Å²) < 4.78 is 0. The molecule has 1 aromatic carbocycles. The van der Waals surface area contributed by atoms with E-state index < -0.39 is 5.97 Å². The maximum absolute atomic E-state index is 12.3. The molecule has 5 heteroatoms. The molecule has 0 heterocycles. The van der Waals surface area contributed by atoms with Crippen molar-refractivity contribution in [3.63, 3.8) is 0 Å². The van der Waals surface area contributed by atoms with Gasteiger partial charge >= 0.3 is 12.0 Å². The van der Waals surface area contributed by atoms with Gasteiger partial charge in [0.15, 0.2) is 0 Å². The van der Waals surface area contributed by atoms with E-state index in [9.17, 15) is 9.59 Å². The molecule has 0 spiro atoms. The Labute approximate surface area is 136 Å². The molecule has 0 aromatic heterocycles. The van der Waals surface area contributed by atoms with Gasteiger partial charge in [0, 0.05) is 19.6 Å². The van der Waals surface area contributed by atoms with Gasteiger partial charge in [-0.2, -0.15) is 0 Å². The maximum Gasteiger partial charge on any atom is 0.317 e. The molecule has 1 aromatic rings. The largest absolute Gasteiger partial charge is 0.481 e. The van der Waals surface area contributed by atoms with Gasteiger partial charge in [0.25, 0.3) is 0 Å². The summed E-state index contributed by atoms with van der Waals surface area (Å²) in [5.74, 6) is 0.0931. The van der Waals surface area contributed by atoms with Crippen LogP contribution in [0.5, 0.6) is 0 Å². The minimum Gasteiger partial charge on any atom is -0.481 e. The lowest BCUT2D eigenvalue weighted by molar-refractivity contribution is -0.137. The molecule has 5 nitrogen and oxygen atoms in total. The molecule has 124 valence electrons. The monoisotopic (exact) mass is 316 g/mol. The molecule has 0 aliphatic heterocycles. The van der Waals surface area contributed by atoms with Crippen LogP contribution < -0.4 is 5.32 Å². The van der Waals surface area contributed by atoms with Gasteiger partial charge in [0.1, 0.15) is 0 Å². The number of carboxylic acid groups (broad SMARTS) is 1. The number of hydrogen-bond donors (Lipinski definition) is 2. The first-order valence-corrected chi connectivity index (χ1v) is 8.35. The first kappa shape index (κ1) is 15.8. The molecule has 2 N–H and O–H groups in total. The van der Waals surface area contributed by atoms with Gasteiger partial charge in [-0.25, -0.2) is 4.79 Å². The SMILES string of the molecule is CN(CCC(=O)O)C(=O)NC1C2CCC1Cc1ccccc1C2. The number of rotatable bonds is 4. The number of benzene rings is 1. The van der Waals surface area contributed by atoms with Crippen molar-refractivity contribution in [3.05, 3.63) is 35.4 Å². The summed E-state index contributed by atoms with van der Waals surface area (Å²) in [5.41, 5.74) is 2.83. The van der Waals surface area contributed by atoms with Gasteiger partial charge < -0.3 is 15.3 Å². The number of hydrogen-bond acceptors (Lipinski definition) is 2. The second-order valence-electron chi connectivity index (χ2n) is 6.82. The molecule has 1 fully saturated rings. The molecule has 2 unspecified atom stereocenters. The van der Waals surface area contributed by atoms with Gasteiger partial charge in [-0.3, -0.25) is 4.79 Å². The average molecular weight is 316 g/mol. The molecular formula is C18H24N2O3. The average Bonchev–Trinajstić information content (AvgIpc) is 2.79. The third-order valence-electron chi connectivity index (χ3n) is 5.30. The van der Waals surface area contributed by atoms with Crippen molar-refractivity contribution < 1.29 is 14.7 Å². The Bertz CT molecular complexity index is 569. The van der Waals surface area contributed by atoms with Crippen LogP contribution in [0.25, 0.3) is 0 Å². The highest BCUT2D eigenvalue weighted by molar-refractivity contribution is 5.75. The molecule has 1 saturated carbocycles. The standard InChI is InChI=1S/C18H24N2O3/c1-20(9-8-16(21)22)18(23)19-17-14-6-7-15(17)11-13-5-3-2-4-12(13)10-14/h2-5,14-15,17H,6-11H2,1H3,(H,19,23)(H,21,22). The van der Waals surface area contributed by atoms with E-state index in [0.29, 0.717) is 11.8 Å². The van der Waals surface area contributed by atoms with E-state index in [4.69, 9.17) is 5.11 Å². The minimum absolute atomic E-state index is 0.0209. The van der Waals surface area contributed by atoms with Crippen LogP contribution in [-0.4, -0.2) is 41.6 Å². The topological polar surface area (TPSA) is 69.6 Å². The van der Waals surface area contributed by atoms with Crippen LogP contribution in [0.4, 0.5) is 4.79 Å². The third-order valence-corrected chi connectivity index (χ3v) is 5.30. The Morgan fingerprint density at radius 1 is 1.17 bits per heavy atom. The second kappa shape index (κ2) is 6.60. The fraction of sp³-hybridized carbons (Fsp3) is 0.556. The number of fused-ring (bicyclic) bond motifs is 3. The van der Waals surface area contributed by atoms with Crippen LogP contribution >= 0.6 is 0 Å². The van der Waals surface area contributed by atoms with Crippen LogP contribution in [0, 0.1) is 11.8 Å². The second-order valence-corrected chi connectivity index (χ2v) is 6.82. The smallest absolute Gasteiger partial charge is 0.317 e. The Balaban J connectivity index is 1.65. The molecule has 0 radical (unpaired) electrons. The zero-order chi connectivity index (χ0) is 16.4. The molecule has 2 amide bonds. The number of carbonyl (C=O) groups excluding carboxylic acids is 1. The predicted octanol–water partition coefficient (Wildman–Crippen LogP) is 2.30. The Morgan fingerprint density at radius 3 is 2.26 bits per heavy atom. The maximum atomic E-state index is 12.3. The fourth-order valence-electron chi connectivity index (χ4n) is 4.00. The normalized spacial score (nSPS) is 25.3. The van der Waals surface area contributed by atoms with Crippen molar-refractivity contribution >= 4 is 12.0 Å². The van der Waals surface area contributed by atoms with Gasteiger partial charge in [0.2, 0.25) is 0 Å². The summed E-state index contributed by atoms with van der Waals surface area (Å²) in [5, 5.41) is 11.9. The van der Waals surface area contributed by atoms with E-state index in [1.54, 1.807) is 7.05 Å². The van der Waals surface area contributed by atoms with Gasteiger partial charge in [0.05, 0.1) is 6.42 Å². The highest BCUT2D eigenvalue weighted by Crippen LogP contribution is 2.40. The zero-order valence-corrected chi connectivity index (χ0v) is 13.5. The van der Waals surface area contributed by atoms with E-state index in [1.165, 1.54) is 16.0 Å². The lowest BCUT2D eigenvalue weighted by Crippen LogP contribution is -2.47. The molecular weight excluding hydrogens is 292 g/mol. The first-order chi connectivity index (χ1) is 11.0. The molecule has 2 atom stereocenters. The molecule has 2 aliphatic carbocycles. The summed E-state index contributed by atoms with van der Waals surface area (Å²) in [4.78, 5) is 24.5. The van der Waals surface area contributed by atoms with Crippen molar-refractivity contribution in [2.24, 2.45) is 11.8 Å². The van der Waals surface area contributed by atoms with Gasteiger partial charge in [-0.05, 0) is 48.6 Å². The van der Waals surface area contributed by atoms with E-state index in [-0.39, 0.29) is 25.0 Å². The summed E-state index contributed by atoms with van der Waals surface area (Å²) in [6.07, 6.45) is 4.34. The van der Waals surface area contributed by atoms with Crippen molar-refractivity contribution in [1.29, 1.82) is 0 Å². The van der Waals surface area contributed by atoms with Crippen LogP contribution in [0.2, 0.25) is 0 Å². The van der Waals surface area contributed by atoms with Crippen molar-refractivity contribution in [2.75, 3.05) is 13.6 Å². The van der Waals surface area contributed by atoms with Crippen molar-refractivity contribution in [2.45, 2.75) is 38.1 Å². The summed E-state index contributed by atoms with van der Waals surface area (Å²) in [7, 11) is 1.66. The van der Waals surface area contributed by atoms with Gasteiger partial charge in [-0.15, -0.1) is 0 Å². The zero-order valence-electron chi connectivity index (χ0n) is 13.5. The van der Waals surface area contributed by atoms with Crippen LogP contribution in [-0.2, 0) is 17.6 Å². The van der Waals surface area contributed by atoms with E-state index in [1.807, 2.05) is 0 Å². The van der Waals surface area contributed by atoms with Crippen molar-refractivity contribution in [1.82, 2.24) is 10.2 Å². The number of urea groups is 1. The molecule has 2 aliphatic rings. The fourth-order valence-corrected chi connectivity index (χ4v) is 4.00. The predicted molar refractivity (Wildman–Crippen MR) is 87.3 cm³/mol. The van der Waals surface area contributed by atoms with E-state index >= 15 is 0 Å². The molecule has 23 heavy (non-hydrogen) atoms. The van der Waals surface area contributed by atoms with E-state index in [2.05, 4.69) is 29.6 Å². The van der Waals surface area contributed by atoms with E-state index in [0.717, 1.165) is 25.7 Å². The first-order valence-electron chi connectivity index (χ1n) is 8.35. The number of carbonyl (C=O) groups is 2. The highest BCUT2D eigenvalue weighted by atomic mass is 16.4. The van der Waals surface area contributed by atoms with Crippen LogP contribution in [0.1, 0.15) is 30.4 Å². The molecule has 0 saturated heterocycles. The quantitative estimate of drug-likeness (QED) is 0.895. The number of nitrogens with one attached hydrogen (secondary N) is 1. The van der Waals surface area contributed by atoms with Gasteiger partial charge in [-0.1, -0.05) is 24.3 Å². The summed E-state index contributed by atoms with van der Waals surface area (Å²) in [6.45, 7) is 0.240. The minimum atomic E-state index is -0.880. The lowest BCUT2D eigenvalue weighted by Gasteiger charge is -2.27. The number of aliphatic carboxylic acids is 1. The summed E-state index contributed by atoms with van der Waals surface area (Å²) in [6, 6.07) is 8.62. The van der Waals surface area contributed by atoms with Crippen molar-refractivity contribution in [3.8, 4) is 0 Å². The number of amides is 2. The van der Waals surface area contributed by atoms with Crippen LogP contribution in [0.3, 0.4) is 0 Å². The lowest BCUT2D eigenvalue weighted by atomic mass is 9.94. The van der Waals surface area contributed by atoms with Crippen LogP contribution in [0.15, 0.2) is 24.3 Å². The Morgan fingerprint density at radius 2 is 1.74 bits per heavy atom. The summed E-state index contributed by atoms with van der Waals surface area (Å²) >= 11 is 0. The Hall–Kier alpha value is -2.04. The highest BCUT2D eigenvalue weighted by Gasteiger charge is 2.40. The third kappa shape index (κ3) is 3.49. The number of nitrogens with zero attached hydrogens (tertiary/aromatic N) is 1. The number of carboxylic acids is 1.